The standard InChI is InChI=1S/C18H20N4O2/c1-22(2)10-9-19-18(23)13-5-4-6-15-17(13)21-16-11-12(24-3)7-8-14(16)20-15/h4-8,11H,9-10H2,1-3H3,(H,19,23). The zero-order chi connectivity index (χ0) is 17.1. The van der Waals surface area contributed by atoms with Crippen LogP contribution in [-0.4, -0.2) is 55.1 Å². The van der Waals surface area contributed by atoms with E-state index in [1.165, 1.54) is 0 Å². The summed E-state index contributed by atoms with van der Waals surface area (Å²) in [4.78, 5) is 23.7. The number of nitrogens with one attached hydrogen (secondary N) is 1. The maximum Gasteiger partial charge on any atom is 0.253 e. The normalized spacial score (nSPS) is 11.2. The third kappa shape index (κ3) is 3.28. The van der Waals surface area contributed by atoms with Gasteiger partial charge in [-0.05, 0) is 38.4 Å². The lowest BCUT2D eigenvalue weighted by molar-refractivity contribution is 0.0952. The molecule has 0 bridgehead atoms. The number of para-hydroxylation sites is 1. The molecule has 0 unspecified atom stereocenters. The van der Waals surface area contributed by atoms with Crippen molar-refractivity contribution in [3.05, 3.63) is 42.0 Å². The number of aromatic nitrogens is 2. The second-order valence-electron chi connectivity index (χ2n) is 5.81. The molecule has 1 N–H and O–H groups in total. The third-order valence-corrected chi connectivity index (χ3v) is 3.76. The first-order valence-corrected chi connectivity index (χ1v) is 7.76. The molecule has 0 atom stereocenters. The molecule has 2 aromatic carbocycles. The van der Waals surface area contributed by atoms with Crippen LogP contribution in [0.4, 0.5) is 0 Å². The Balaban J connectivity index is 2.01. The van der Waals surface area contributed by atoms with Crippen molar-refractivity contribution in [3.63, 3.8) is 0 Å². The highest BCUT2D eigenvalue weighted by molar-refractivity contribution is 6.06. The summed E-state index contributed by atoms with van der Waals surface area (Å²) in [5.74, 6) is 0.572. The Kier molecular flexibility index (Phi) is 4.57. The van der Waals surface area contributed by atoms with Crippen LogP contribution in [0.15, 0.2) is 36.4 Å². The van der Waals surface area contributed by atoms with Crippen LogP contribution in [0.2, 0.25) is 0 Å². The van der Waals surface area contributed by atoms with Crippen molar-refractivity contribution in [2.24, 2.45) is 0 Å². The summed E-state index contributed by atoms with van der Waals surface area (Å²) in [5, 5.41) is 2.92. The van der Waals surface area contributed by atoms with Crippen LogP contribution in [-0.2, 0) is 0 Å². The fraction of sp³-hybridized carbons (Fsp3) is 0.278. The van der Waals surface area contributed by atoms with Gasteiger partial charge >= 0.3 is 0 Å². The molecular weight excluding hydrogens is 304 g/mol. The van der Waals surface area contributed by atoms with E-state index in [2.05, 4.69) is 15.3 Å². The Morgan fingerprint density at radius 2 is 1.96 bits per heavy atom. The Morgan fingerprint density at radius 1 is 1.12 bits per heavy atom. The Morgan fingerprint density at radius 3 is 2.71 bits per heavy atom. The van der Waals surface area contributed by atoms with Crippen LogP contribution in [0.1, 0.15) is 10.4 Å². The van der Waals surface area contributed by atoms with E-state index in [9.17, 15) is 4.79 Å². The van der Waals surface area contributed by atoms with Gasteiger partial charge in [-0.1, -0.05) is 6.07 Å². The molecule has 3 rings (SSSR count). The van der Waals surface area contributed by atoms with Gasteiger partial charge < -0.3 is 15.0 Å². The van der Waals surface area contributed by atoms with Crippen LogP contribution in [0.5, 0.6) is 5.75 Å². The van der Waals surface area contributed by atoms with Gasteiger partial charge in [0.15, 0.2) is 0 Å². The minimum atomic E-state index is -0.140. The minimum Gasteiger partial charge on any atom is -0.497 e. The molecule has 3 aromatic rings. The Bertz CT molecular complexity index is 893. The molecule has 0 aliphatic heterocycles. The van der Waals surface area contributed by atoms with E-state index in [0.717, 1.165) is 12.1 Å². The van der Waals surface area contributed by atoms with Crippen LogP contribution >= 0.6 is 0 Å². The fourth-order valence-electron chi connectivity index (χ4n) is 2.48. The number of carbonyl (C=O) groups is 1. The number of nitrogens with zero attached hydrogens (tertiary/aromatic N) is 3. The van der Waals surface area contributed by atoms with Crippen molar-refractivity contribution in [2.75, 3.05) is 34.3 Å². The number of rotatable bonds is 5. The summed E-state index contributed by atoms with van der Waals surface area (Å²) in [6.07, 6.45) is 0. The summed E-state index contributed by atoms with van der Waals surface area (Å²) in [6.45, 7) is 1.36. The average Bonchev–Trinajstić information content (AvgIpc) is 2.58. The van der Waals surface area contributed by atoms with Gasteiger partial charge in [-0.3, -0.25) is 4.79 Å². The van der Waals surface area contributed by atoms with Crippen LogP contribution in [0.3, 0.4) is 0 Å². The zero-order valence-corrected chi connectivity index (χ0v) is 14.0. The number of fused-ring (bicyclic) bond motifs is 2. The number of likely N-dealkylation sites (N-methyl/N-ethyl adjacent to an activating group) is 1. The summed E-state index contributed by atoms with van der Waals surface area (Å²) in [5.41, 5.74) is 3.31. The predicted octanol–water partition coefficient (Wildman–Crippen LogP) is 2.08. The minimum absolute atomic E-state index is 0.140. The average molecular weight is 324 g/mol. The predicted molar refractivity (Wildman–Crippen MR) is 94.5 cm³/mol. The summed E-state index contributed by atoms with van der Waals surface area (Å²) in [7, 11) is 5.55. The molecule has 0 saturated carbocycles. The topological polar surface area (TPSA) is 67.3 Å². The molecule has 1 heterocycles. The first-order valence-electron chi connectivity index (χ1n) is 7.76. The first-order chi connectivity index (χ1) is 11.6. The lowest BCUT2D eigenvalue weighted by Gasteiger charge is -2.11. The lowest BCUT2D eigenvalue weighted by atomic mass is 10.1. The van der Waals surface area contributed by atoms with Crippen LogP contribution in [0.25, 0.3) is 22.1 Å². The fourth-order valence-corrected chi connectivity index (χ4v) is 2.48. The quantitative estimate of drug-likeness (QED) is 0.728. The molecule has 6 nitrogen and oxygen atoms in total. The van der Waals surface area contributed by atoms with Crippen molar-refractivity contribution in [1.29, 1.82) is 0 Å². The van der Waals surface area contributed by atoms with E-state index in [1.54, 1.807) is 13.2 Å². The molecular formula is C18H20N4O2. The van der Waals surface area contributed by atoms with Gasteiger partial charge in [0.1, 0.15) is 11.3 Å². The second kappa shape index (κ2) is 6.80. The third-order valence-electron chi connectivity index (χ3n) is 3.76. The van der Waals surface area contributed by atoms with E-state index in [-0.39, 0.29) is 5.91 Å². The van der Waals surface area contributed by atoms with Crippen LogP contribution < -0.4 is 10.1 Å². The smallest absolute Gasteiger partial charge is 0.253 e. The van der Waals surface area contributed by atoms with Gasteiger partial charge in [-0.15, -0.1) is 0 Å². The van der Waals surface area contributed by atoms with E-state index in [0.29, 0.717) is 34.4 Å². The molecule has 0 spiro atoms. The maximum atomic E-state index is 12.5. The number of amides is 1. The van der Waals surface area contributed by atoms with Gasteiger partial charge in [0.2, 0.25) is 0 Å². The van der Waals surface area contributed by atoms with Crippen molar-refractivity contribution < 1.29 is 9.53 Å². The van der Waals surface area contributed by atoms with Gasteiger partial charge in [0.05, 0.1) is 29.2 Å². The van der Waals surface area contributed by atoms with Gasteiger partial charge in [-0.25, -0.2) is 9.97 Å². The molecule has 1 aromatic heterocycles. The maximum absolute atomic E-state index is 12.5. The molecule has 0 radical (unpaired) electrons. The number of ether oxygens (including phenoxy) is 1. The van der Waals surface area contributed by atoms with Crippen molar-refractivity contribution in [1.82, 2.24) is 20.2 Å². The van der Waals surface area contributed by atoms with Crippen molar-refractivity contribution >= 4 is 28.0 Å². The summed E-state index contributed by atoms with van der Waals surface area (Å²) in [6, 6.07) is 11.0. The van der Waals surface area contributed by atoms with Gasteiger partial charge in [0.25, 0.3) is 5.91 Å². The van der Waals surface area contributed by atoms with Crippen molar-refractivity contribution in [2.45, 2.75) is 0 Å². The highest BCUT2D eigenvalue weighted by Gasteiger charge is 2.13. The summed E-state index contributed by atoms with van der Waals surface area (Å²) < 4.78 is 5.24. The molecule has 24 heavy (non-hydrogen) atoms. The largest absolute Gasteiger partial charge is 0.497 e. The SMILES string of the molecule is COc1ccc2nc3cccc(C(=O)NCCN(C)C)c3nc2c1. The van der Waals surface area contributed by atoms with E-state index >= 15 is 0 Å². The van der Waals surface area contributed by atoms with Gasteiger partial charge in [0, 0.05) is 19.2 Å². The highest BCUT2D eigenvalue weighted by Crippen LogP contribution is 2.22. The molecule has 1 amide bonds. The monoisotopic (exact) mass is 324 g/mol. The first kappa shape index (κ1) is 16.1. The Hall–Kier alpha value is -2.73. The van der Waals surface area contributed by atoms with E-state index < -0.39 is 0 Å². The van der Waals surface area contributed by atoms with Gasteiger partial charge in [-0.2, -0.15) is 0 Å². The Labute approximate surface area is 140 Å². The number of benzene rings is 2. The zero-order valence-electron chi connectivity index (χ0n) is 14.0. The molecule has 124 valence electrons. The second-order valence-corrected chi connectivity index (χ2v) is 5.81. The number of carbonyl (C=O) groups excluding carboxylic acids is 1. The highest BCUT2D eigenvalue weighted by atomic mass is 16.5. The molecule has 6 heteroatoms. The van der Waals surface area contributed by atoms with E-state index in [4.69, 9.17) is 4.74 Å². The van der Waals surface area contributed by atoms with E-state index in [1.807, 2.05) is 49.3 Å². The lowest BCUT2D eigenvalue weighted by Crippen LogP contribution is -2.31. The molecule has 0 aliphatic rings. The summed E-state index contributed by atoms with van der Waals surface area (Å²) >= 11 is 0. The molecule has 0 fully saturated rings. The van der Waals surface area contributed by atoms with Crippen LogP contribution in [0, 0.1) is 0 Å². The number of hydrogen-bond donors (Lipinski definition) is 1. The molecule has 0 saturated heterocycles. The number of hydrogen-bond acceptors (Lipinski definition) is 5. The number of methoxy groups -OCH3 is 1. The van der Waals surface area contributed by atoms with Crippen molar-refractivity contribution in [3.8, 4) is 5.75 Å². The molecule has 0 aliphatic carbocycles.